The number of ketones is 2. The van der Waals surface area contributed by atoms with Gasteiger partial charge in [0, 0.05) is 11.1 Å². The smallest absolute Gasteiger partial charge is 0.205 e. The van der Waals surface area contributed by atoms with Crippen molar-refractivity contribution < 1.29 is 19.1 Å². The molecule has 0 saturated heterocycles. The van der Waals surface area contributed by atoms with Crippen molar-refractivity contribution in [1.82, 2.24) is 0 Å². The molecule has 17 heavy (non-hydrogen) atoms. The van der Waals surface area contributed by atoms with Crippen molar-refractivity contribution in [3.8, 4) is 11.5 Å². The molecule has 1 aliphatic rings. The van der Waals surface area contributed by atoms with Crippen LogP contribution in [0.4, 0.5) is 0 Å². The molecule has 4 nitrogen and oxygen atoms in total. The van der Waals surface area contributed by atoms with Crippen LogP contribution in [0.25, 0.3) is 0 Å². The number of carbonyl (C=O) groups is 2. The van der Waals surface area contributed by atoms with E-state index in [1.165, 1.54) is 26.4 Å². The van der Waals surface area contributed by atoms with E-state index in [9.17, 15) is 9.59 Å². The summed E-state index contributed by atoms with van der Waals surface area (Å²) >= 11 is 6.17. The normalized spacial score (nSPS) is 16.9. The zero-order chi connectivity index (χ0) is 12.8. The fourth-order valence-corrected chi connectivity index (χ4v) is 2.55. The predicted octanol–water partition coefficient (Wildman–Crippen LogP) is 2.57. The third-order valence-electron chi connectivity index (χ3n) is 2.58. The van der Waals surface area contributed by atoms with Gasteiger partial charge < -0.3 is 9.47 Å². The van der Waals surface area contributed by atoms with Gasteiger partial charge in [-0.1, -0.05) is 31.9 Å². The van der Waals surface area contributed by atoms with E-state index < -0.39 is 3.23 Å². The highest BCUT2D eigenvalue weighted by atomic mass is 79.9. The Kier molecular flexibility index (Phi) is 3.03. The molecule has 0 atom stereocenters. The first-order valence-corrected chi connectivity index (χ1v) is 6.25. The summed E-state index contributed by atoms with van der Waals surface area (Å²) in [5.74, 6) is 0.173. The van der Waals surface area contributed by atoms with Crippen LogP contribution in [0.2, 0.25) is 0 Å². The van der Waals surface area contributed by atoms with Gasteiger partial charge in [-0.2, -0.15) is 0 Å². The van der Waals surface area contributed by atoms with E-state index >= 15 is 0 Å². The molecular weight excluding hydrogens is 356 g/mol. The molecule has 2 rings (SSSR count). The second-order valence-electron chi connectivity index (χ2n) is 3.49. The summed E-state index contributed by atoms with van der Waals surface area (Å²) in [5, 5.41) is 0. The van der Waals surface area contributed by atoms with Crippen molar-refractivity contribution >= 4 is 43.4 Å². The lowest BCUT2D eigenvalue weighted by molar-refractivity contribution is 0.0922. The molecule has 0 N–H and O–H groups in total. The lowest BCUT2D eigenvalue weighted by atomic mass is 10.1. The quantitative estimate of drug-likeness (QED) is 0.598. The largest absolute Gasteiger partial charge is 0.493 e. The Bertz CT molecular complexity index is 477. The van der Waals surface area contributed by atoms with Crippen molar-refractivity contribution in [2.24, 2.45) is 0 Å². The first-order valence-electron chi connectivity index (χ1n) is 4.67. The molecule has 0 bridgehead atoms. The highest BCUT2D eigenvalue weighted by molar-refractivity contribution is 9.26. The SMILES string of the molecule is COc1cc2c(cc1OC)C(=O)C(Br)(Br)C2=O. The van der Waals surface area contributed by atoms with E-state index in [4.69, 9.17) is 9.47 Å². The van der Waals surface area contributed by atoms with Gasteiger partial charge in [-0.15, -0.1) is 0 Å². The Balaban J connectivity index is 2.68. The summed E-state index contributed by atoms with van der Waals surface area (Å²) in [4.78, 5) is 24.0. The summed E-state index contributed by atoms with van der Waals surface area (Å²) in [7, 11) is 2.95. The molecule has 0 aliphatic heterocycles. The highest BCUT2D eigenvalue weighted by Crippen LogP contribution is 2.44. The monoisotopic (exact) mass is 362 g/mol. The van der Waals surface area contributed by atoms with Gasteiger partial charge in [-0.05, 0) is 12.1 Å². The zero-order valence-corrected chi connectivity index (χ0v) is 12.2. The number of benzene rings is 1. The van der Waals surface area contributed by atoms with Gasteiger partial charge in [-0.3, -0.25) is 9.59 Å². The number of fused-ring (bicyclic) bond motifs is 1. The second-order valence-corrected chi connectivity index (χ2v) is 6.93. The van der Waals surface area contributed by atoms with Crippen LogP contribution in [-0.4, -0.2) is 29.0 Å². The molecule has 0 saturated carbocycles. The summed E-state index contributed by atoms with van der Waals surface area (Å²) in [6, 6.07) is 3.03. The highest BCUT2D eigenvalue weighted by Gasteiger charge is 2.50. The van der Waals surface area contributed by atoms with Crippen LogP contribution in [0.3, 0.4) is 0 Å². The van der Waals surface area contributed by atoms with Gasteiger partial charge in [-0.25, -0.2) is 0 Å². The second kappa shape index (κ2) is 4.10. The summed E-state index contributed by atoms with van der Waals surface area (Å²) in [5.41, 5.74) is 0.641. The van der Waals surface area contributed by atoms with Gasteiger partial charge in [0.1, 0.15) is 0 Å². The lowest BCUT2D eigenvalue weighted by Crippen LogP contribution is -2.25. The molecule has 6 heteroatoms. The van der Waals surface area contributed by atoms with Crippen molar-refractivity contribution in [3.63, 3.8) is 0 Å². The van der Waals surface area contributed by atoms with Crippen LogP contribution in [-0.2, 0) is 0 Å². The van der Waals surface area contributed by atoms with Crippen molar-refractivity contribution in [2.75, 3.05) is 14.2 Å². The minimum atomic E-state index is -1.36. The number of carbonyl (C=O) groups excluding carboxylic acids is 2. The molecule has 0 fully saturated rings. The lowest BCUT2D eigenvalue weighted by Gasteiger charge is -2.08. The van der Waals surface area contributed by atoms with Gasteiger partial charge in [0.15, 0.2) is 23.1 Å². The molecule has 0 heterocycles. The molecule has 1 aliphatic carbocycles. The van der Waals surface area contributed by atoms with Gasteiger partial charge in [0.05, 0.1) is 14.2 Å². The Morgan fingerprint density at radius 2 is 1.29 bits per heavy atom. The average molecular weight is 364 g/mol. The number of rotatable bonds is 2. The standard InChI is InChI=1S/C11H8Br2O4/c1-16-7-3-5-6(4-8(7)17-2)10(15)11(12,13)9(5)14/h3-4H,1-2H3. The Hall–Kier alpha value is -0.880. The van der Waals surface area contributed by atoms with Gasteiger partial charge in [0.2, 0.25) is 3.23 Å². The van der Waals surface area contributed by atoms with E-state index in [0.29, 0.717) is 22.6 Å². The summed E-state index contributed by atoms with van der Waals surface area (Å²) < 4.78 is 8.83. The Morgan fingerprint density at radius 1 is 0.941 bits per heavy atom. The number of hydrogen-bond donors (Lipinski definition) is 0. The molecule has 0 unspecified atom stereocenters. The molecule has 0 spiro atoms. The zero-order valence-electron chi connectivity index (χ0n) is 9.04. The maximum Gasteiger partial charge on any atom is 0.205 e. The Morgan fingerprint density at radius 3 is 1.59 bits per heavy atom. The molecule has 1 aromatic carbocycles. The van der Waals surface area contributed by atoms with Gasteiger partial charge >= 0.3 is 0 Å². The van der Waals surface area contributed by atoms with Crippen LogP contribution >= 0.6 is 31.9 Å². The van der Waals surface area contributed by atoms with Crippen molar-refractivity contribution in [1.29, 1.82) is 0 Å². The van der Waals surface area contributed by atoms with E-state index in [2.05, 4.69) is 31.9 Å². The number of alkyl halides is 2. The predicted molar refractivity (Wildman–Crippen MR) is 68.8 cm³/mol. The molecule has 0 amide bonds. The first-order chi connectivity index (χ1) is 7.93. The van der Waals surface area contributed by atoms with Crippen LogP contribution < -0.4 is 9.47 Å². The minimum absolute atomic E-state index is 0.321. The fourth-order valence-electron chi connectivity index (χ4n) is 1.70. The summed E-state index contributed by atoms with van der Waals surface area (Å²) in [6.45, 7) is 0. The van der Waals surface area contributed by atoms with E-state index in [1.54, 1.807) is 0 Å². The van der Waals surface area contributed by atoms with E-state index in [-0.39, 0.29) is 11.6 Å². The number of halogens is 2. The van der Waals surface area contributed by atoms with E-state index in [0.717, 1.165) is 0 Å². The van der Waals surface area contributed by atoms with Crippen LogP contribution in [0.5, 0.6) is 11.5 Å². The van der Waals surface area contributed by atoms with Gasteiger partial charge in [0.25, 0.3) is 0 Å². The Labute approximate surface area is 115 Å². The number of Topliss-reactive ketones (excluding diaryl/α,β-unsaturated/α-hetero) is 2. The first kappa shape index (κ1) is 12.6. The third-order valence-corrected chi connectivity index (χ3v) is 4.02. The van der Waals surface area contributed by atoms with E-state index in [1.807, 2.05) is 0 Å². The molecule has 1 aromatic rings. The van der Waals surface area contributed by atoms with Crippen molar-refractivity contribution in [3.05, 3.63) is 23.3 Å². The van der Waals surface area contributed by atoms with Crippen LogP contribution in [0.1, 0.15) is 20.7 Å². The van der Waals surface area contributed by atoms with Crippen LogP contribution in [0.15, 0.2) is 12.1 Å². The number of ether oxygens (including phenoxy) is 2. The summed E-state index contributed by atoms with van der Waals surface area (Å²) in [6.07, 6.45) is 0. The number of methoxy groups -OCH3 is 2. The fraction of sp³-hybridized carbons (Fsp3) is 0.273. The topological polar surface area (TPSA) is 52.6 Å². The maximum atomic E-state index is 12.0. The molecular formula is C11H8Br2O4. The molecule has 0 aromatic heterocycles. The van der Waals surface area contributed by atoms with Crippen molar-refractivity contribution in [2.45, 2.75) is 3.23 Å². The molecule has 0 radical (unpaired) electrons. The molecule has 90 valence electrons. The average Bonchev–Trinajstić information content (AvgIpc) is 2.49. The number of hydrogen-bond acceptors (Lipinski definition) is 4. The van der Waals surface area contributed by atoms with Crippen LogP contribution in [0, 0.1) is 0 Å². The minimum Gasteiger partial charge on any atom is -0.493 e. The third kappa shape index (κ3) is 1.70. The maximum absolute atomic E-state index is 12.0.